The highest BCUT2D eigenvalue weighted by Gasteiger charge is 2.46. The van der Waals surface area contributed by atoms with Crippen molar-refractivity contribution in [1.82, 2.24) is 5.01 Å². The Bertz CT molecular complexity index is 1610. The molecule has 0 bridgehead atoms. The van der Waals surface area contributed by atoms with E-state index in [1.54, 1.807) is 42.5 Å². The number of urea groups is 1. The third-order valence-electron chi connectivity index (χ3n) is 5.50. The highest BCUT2D eigenvalue weighted by atomic mass is 16.6. The Labute approximate surface area is 202 Å². The summed E-state index contributed by atoms with van der Waals surface area (Å²) in [6, 6.07) is 19.4. The smallest absolute Gasteiger partial charge is 0.360 e. The second kappa shape index (κ2) is 8.80. The molecular weight excluding hydrogens is 468 g/mol. The minimum Gasteiger partial charge on any atom is -0.497 e. The van der Waals surface area contributed by atoms with Crippen LogP contribution in [0.2, 0.25) is 0 Å². The number of fused-ring (bicyclic) bond motifs is 1. The third kappa shape index (κ3) is 3.84. The van der Waals surface area contributed by atoms with Crippen LogP contribution in [0.3, 0.4) is 0 Å². The number of amides is 4. The van der Waals surface area contributed by atoms with Crippen molar-refractivity contribution in [2.75, 3.05) is 12.0 Å². The van der Waals surface area contributed by atoms with E-state index in [0.717, 1.165) is 4.90 Å². The molecule has 11 nitrogen and oxygen atoms in total. The van der Waals surface area contributed by atoms with Crippen LogP contribution in [-0.2, 0) is 9.59 Å². The van der Waals surface area contributed by atoms with Gasteiger partial charge < -0.3 is 9.15 Å². The molecule has 1 aliphatic rings. The molecule has 0 atom stereocenters. The van der Waals surface area contributed by atoms with Gasteiger partial charge in [0.15, 0.2) is 0 Å². The van der Waals surface area contributed by atoms with E-state index in [1.807, 2.05) is 0 Å². The molecule has 5 rings (SSSR count). The number of rotatable bonds is 5. The second-order valence-corrected chi connectivity index (χ2v) is 7.65. The summed E-state index contributed by atoms with van der Waals surface area (Å²) in [5.41, 5.74) is 1.10. The molecule has 3 aromatic carbocycles. The average Bonchev–Trinajstić information content (AvgIpc) is 3.11. The molecule has 0 saturated carbocycles. The van der Waals surface area contributed by atoms with E-state index in [9.17, 15) is 24.5 Å². The summed E-state index contributed by atoms with van der Waals surface area (Å²) in [6.07, 6.45) is 0. The summed E-state index contributed by atoms with van der Waals surface area (Å²) in [4.78, 5) is 49.6. The van der Waals surface area contributed by atoms with Crippen molar-refractivity contribution in [1.29, 1.82) is 0 Å². The molecule has 178 valence electrons. The van der Waals surface area contributed by atoms with Gasteiger partial charge in [-0.15, -0.1) is 10.1 Å². The summed E-state index contributed by atoms with van der Waals surface area (Å²) in [5.74, 6) is -1.72. The van der Waals surface area contributed by atoms with Crippen molar-refractivity contribution in [2.45, 2.75) is 0 Å². The van der Waals surface area contributed by atoms with E-state index in [0.29, 0.717) is 32.9 Å². The number of carbonyl (C=O) groups is 3. The van der Waals surface area contributed by atoms with Crippen LogP contribution < -0.4 is 15.2 Å². The Morgan fingerprint density at radius 2 is 1.64 bits per heavy atom. The number of hydrogen-bond acceptors (Lipinski definition) is 8. The number of carbonyl (C=O) groups excluding carboxylic acids is 3. The highest BCUT2D eigenvalue weighted by Crippen LogP contribution is 2.27. The number of hydrogen-bond donors (Lipinski definition) is 0. The van der Waals surface area contributed by atoms with E-state index in [4.69, 9.17) is 9.15 Å². The van der Waals surface area contributed by atoms with E-state index >= 15 is 0 Å². The van der Waals surface area contributed by atoms with Crippen LogP contribution in [0.4, 0.5) is 16.2 Å². The summed E-state index contributed by atoms with van der Waals surface area (Å²) in [7, 11) is 1.49. The number of methoxy groups -OCH3 is 1. The average molecular weight is 484 g/mol. The lowest BCUT2D eigenvalue weighted by molar-refractivity contribution is -0.384. The maximum Gasteiger partial charge on any atom is 0.360 e. The Balaban J connectivity index is 1.69. The van der Waals surface area contributed by atoms with Crippen molar-refractivity contribution in [3.8, 4) is 16.9 Å². The molecule has 0 N–H and O–H groups in total. The lowest BCUT2D eigenvalue weighted by atomic mass is 10.1. The Morgan fingerprint density at radius 3 is 2.31 bits per heavy atom. The predicted octanol–water partition coefficient (Wildman–Crippen LogP) is 3.83. The fraction of sp³-hybridized carbons (Fsp3) is 0.0400. The number of imide groups is 2. The Morgan fingerprint density at radius 1 is 0.917 bits per heavy atom. The molecule has 1 fully saturated rings. The van der Waals surface area contributed by atoms with Crippen molar-refractivity contribution in [3.63, 3.8) is 0 Å². The van der Waals surface area contributed by atoms with Crippen LogP contribution in [-0.4, -0.2) is 34.9 Å². The molecule has 36 heavy (non-hydrogen) atoms. The zero-order chi connectivity index (χ0) is 25.4. The number of nitrogens with zero attached hydrogens (tertiary/aromatic N) is 4. The molecular formula is C25H16N4O7. The molecule has 1 aliphatic heterocycles. The predicted molar refractivity (Wildman–Crippen MR) is 127 cm³/mol. The highest BCUT2D eigenvalue weighted by molar-refractivity contribution is 6.52. The monoisotopic (exact) mass is 484 g/mol. The standard InChI is InChI=1S/C25H16N4O7/c1-35-19-12-9-16-13-20(15-7-10-18(11-8-15)29(33)34)22(36-21(16)14-19)26-28-24(31)23(30)27(25(28)32)17-5-3-2-4-6-17/h2-14H,1H3/b26-22+. The lowest BCUT2D eigenvalue weighted by Crippen LogP contribution is -2.32. The maximum atomic E-state index is 13.0. The number of nitro groups is 1. The number of non-ortho nitro benzene ring substituents is 1. The third-order valence-corrected chi connectivity index (χ3v) is 5.50. The number of ether oxygens (including phenoxy) is 1. The molecule has 2 heterocycles. The Kier molecular flexibility index (Phi) is 5.49. The number of anilines is 1. The van der Waals surface area contributed by atoms with Crippen molar-refractivity contribution >= 4 is 40.2 Å². The van der Waals surface area contributed by atoms with E-state index in [-0.39, 0.29) is 16.9 Å². The molecule has 1 aromatic heterocycles. The number of benzene rings is 3. The fourth-order valence-electron chi connectivity index (χ4n) is 3.71. The van der Waals surface area contributed by atoms with E-state index < -0.39 is 22.8 Å². The van der Waals surface area contributed by atoms with Crippen LogP contribution in [0.5, 0.6) is 5.75 Å². The quantitative estimate of drug-likeness (QED) is 0.182. The molecule has 11 heteroatoms. The van der Waals surface area contributed by atoms with Gasteiger partial charge in [0.2, 0.25) is 5.55 Å². The minimum absolute atomic E-state index is 0.117. The molecule has 1 saturated heterocycles. The van der Waals surface area contributed by atoms with Gasteiger partial charge in [0, 0.05) is 29.1 Å². The molecule has 0 aliphatic carbocycles. The van der Waals surface area contributed by atoms with Gasteiger partial charge in [-0.3, -0.25) is 19.7 Å². The van der Waals surface area contributed by atoms with Gasteiger partial charge in [0.25, 0.3) is 5.69 Å². The van der Waals surface area contributed by atoms with Crippen molar-refractivity contribution in [3.05, 3.63) is 94.5 Å². The zero-order valence-corrected chi connectivity index (χ0v) is 18.7. The van der Waals surface area contributed by atoms with Crippen LogP contribution in [0.25, 0.3) is 22.1 Å². The van der Waals surface area contributed by atoms with Crippen LogP contribution in [0.1, 0.15) is 0 Å². The first kappa shape index (κ1) is 22.5. The molecule has 4 aromatic rings. The van der Waals surface area contributed by atoms with Crippen LogP contribution >= 0.6 is 0 Å². The second-order valence-electron chi connectivity index (χ2n) is 7.65. The van der Waals surface area contributed by atoms with Gasteiger partial charge in [-0.25, -0.2) is 9.69 Å². The number of nitro benzene ring substituents is 1. The zero-order valence-electron chi connectivity index (χ0n) is 18.7. The SMILES string of the molecule is COc1ccc2cc(-c3ccc([N+](=O)[O-])cc3)/c(=N\N3C(=O)C(=O)N(c4ccccc4)C3=O)oc2c1. The largest absolute Gasteiger partial charge is 0.497 e. The van der Waals surface area contributed by atoms with Gasteiger partial charge in [0.05, 0.1) is 17.7 Å². The van der Waals surface area contributed by atoms with Gasteiger partial charge in [-0.1, -0.05) is 18.2 Å². The summed E-state index contributed by atoms with van der Waals surface area (Å²) >= 11 is 0. The van der Waals surface area contributed by atoms with Crippen LogP contribution in [0, 0.1) is 10.1 Å². The van der Waals surface area contributed by atoms with E-state index in [2.05, 4.69) is 5.10 Å². The van der Waals surface area contributed by atoms with Gasteiger partial charge in [0.1, 0.15) is 11.3 Å². The fourth-order valence-corrected chi connectivity index (χ4v) is 3.71. The topological polar surface area (TPSA) is 136 Å². The summed E-state index contributed by atoms with van der Waals surface area (Å²) < 4.78 is 11.2. The maximum absolute atomic E-state index is 13.0. The minimum atomic E-state index is -1.15. The normalized spacial score (nSPS) is 14.1. The first-order valence-corrected chi connectivity index (χ1v) is 10.6. The van der Waals surface area contributed by atoms with Gasteiger partial charge in [-0.2, -0.15) is 0 Å². The van der Waals surface area contributed by atoms with Crippen molar-refractivity contribution in [2.24, 2.45) is 5.10 Å². The molecule has 0 spiro atoms. The number of para-hydroxylation sites is 1. The first-order chi connectivity index (χ1) is 17.4. The molecule has 0 radical (unpaired) electrons. The Hall–Kier alpha value is -5.32. The van der Waals surface area contributed by atoms with Gasteiger partial charge in [-0.05, 0) is 48.0 Å². The van der Waals surface area contributed by atoms with E-state index in [1.165, 1.54) is 43.5 Å². The molecule has 4 amide bonds. The van der Waals surface area contributed by atoms with Crippen molar-refractivity contribution < 1.29 is 28.5 Å². The van der Waals surface area contributed by atoms with Gasteiger partial charge >= 0.3 is 17.8 Å². The lowest BCUT2D eigenvalue weighted by Gasteiger charge is -2.12. The summed E-state index contributed by atoms with van der Waals surface area (Å²) in [5, 5.41) is 16.3. The van der Waals surface area contributed by atoms with Crippen LogP contribution in [0.15, 0.2) is 88.4 Å². The first-order valence-electron chi connectivity index (χ1n) is 10.6. The summed E-state index contributed by atoms with van der Waals surface area (Å²) in [6.45, 7) is 0. The molecule has 0 unspecified atom stereocenters.